The molecule has 2 aromatic rings. The average molecular weight is 428 g/mol. The maximum atomic E-state index is 13.2. The zero-order valence-electron chi connectivity index (χ0n) is 14.4. The lowest BCUT2D eigenvalue weighted by atomic mass is 9.92. The van der Waals surface area contributed by atoms with Gasteiger partial charge in [-0.15, -0.1) is 0 Å². The van der Waals surface area contributed by atoms with Crippen LogP contribution >= 0.6 is 23.2 Å². The SMILES string of the molecule is CC1(c2ccc(Cl)c(Cl)c2)NC(=O)N(CC(=O)Nc2cc(F)cc(F)c2)C1=O. The lowest BCUT2D eigenvalue weighted by Gasteiger charge is -2.22. The lowest BCUT2D eigenvalue weighted by Crippen LogP contribution is -2.42. The van der Waals surface area contributed by atoms with Crippen molar-refractivity contribution in [2.24, 2.45) is 0 Å². The van der Waals surface area contributed by atoms with Gasteiger partial charge in [0, 0.05) is 11.8 Å². The van der Waals surface area contributed by atoms with Crippen molar-refractivity contribution in [2.75, 3.05) is 11.9 Å². The van der Waals surface area contributed by atoms with Gasteiger partial charge in [0.25, 0.3) is 5.91 Å². The number of amides is 4. The Hall–Kier alpha value is -2.71. The number of anilines is 1. The molecule has 1 unspecified atom stereocenters. The number of benzene rings is 2. The number of imide groups is 1. The van der Waals surface area contributed by atoms with Crippen LogP contribution in [0.1, 0.15) is 12.5 Å². The van der Waals surface area contributed by atoms with E-state index in [0.717, 1.165) is 12.1 Å². The minimum atomic E-state index is -1.45. The molecular formula is C18H13Cl2F2N3O3. The molecule has 0 aliphatic carbocycles. The second kappa shape index (κ2) is 7.37. The van der Waals surface area contributed by atoms with E-state index in [-0.39, 0.29) is 15.7 Å². The number of hydrogen-bond acceptors (Lipinski definition) is 3. The molecule has 3 rings (SSSR count). The predicted octanol–water partition coefficient (Wildman–Crippen LogP) is 3.68. The van der Waals surface area contributed by atoms with Crippen LogP contribution in [0.3, 0.4) is 0 Å². The van der Waals surface area contributed by atoms with E-state index in [1.54, 1.807) is 0 Å². The van der Waals surface area contributed by atoms with Crippen LogP contribution in [0.5, 0.6) is 0 Å². The second-order valence-electron chi connectivity index (χ2n) is 6.28. The minimum Gasteiger partial charge on any atom is -0.324 e. The maximum Gasteiger partial charge on any atom is 0.325 e. The molecule has 2 aromatic carbocycles. The Bertz CT molecular complexity index is 982. The van der Waals surface area contributed by atoms with Crippen molar-refractivity contribution in [3.8, 4) is 0 Å². The summed E-state index contributed by atoms with van der Waals surface area (Å²) in [5.74, 6) is -3.24. The molecule has 4 amide bonds. The van der Waals surface area contributed by atoms with E-state index in [9.17, 15) is 23.2 Å². The Morgan fingerprint density at radius 3 is 2.36 bits per heavy atom. The van der Waals surface area contributed by atoms with Crippen molar-refractivity contribution in [1.29, 1.82) is 0 Å². The number of carbonyl (C=O) groups excluding carboxylic acids is 3. The molecule has 1 aliphatic heterocycles. The molecule has 0 bridgehead atoms. The van der Waals surface area contributed by atoms with E-state index >= 15 is 0 Å². The van der Waals surface area contributed by atoms with Gasteiger partial charge in [0.15, 0.2) is 0 Å². The normalized spacial score (nSPS) is 19.0. The van der Waals surface area contributed by atoms with Gasteiger partial charge in [0.2, 0.25) is 5.91 Å². The number of halogens is 4. The van der Waals surface area contributed by atoms with Gasteiger partial charge in [-0.1, -0.05) is 29.3 Å². The maximum absolute atomic E-state index is 13.2. The molecule has 146 valence electrons. The second-order valence-corrected chi connectivity index (χ2v) is 7.10. The van der Waals surface area contributed by atoms with E-state index in [0.29, 0.717) is 16.5 Å². The quantitative estimate of drug-likeness (QED) is 0.730. The first-order valence-corrected chi connectivity index (χ1v) is 8.71. The third-order valence-corrected chi connectivity index (χ3v) is 4.96. The summed E-state index contributed by atoms with van der Waals surface area (Å²) in [6, 6.07) is 6.14. The standard InChI is InChI=1S/C18H13Cl2F2N3O3/c1-18(9-2-3-13(19)14(20)4-9)16(27)25(17(28)24-18)8-15(26)23-12-6-10(21)5-11(22)7-12/h2-7H,8H2,1H3,(H,23,26)(H,24,28). The number of hydrogen-bond donors (Lipinski definition) is 2. The first-order valence-electron chi connectivity index (χ1n) is 7.96. The molecular weight excluding hydrogens is 415 g/mol. The van der Waals surface area contributed by atoms with Crippen molar-refractivity contribution >= 4 is 46.7 Å². The zero-order valence-corrected chi connectivity index (χ0v) is 15.9. The molecule has 28 heavy (non-hydrogen) atoms. The van der Waals surface area contributed by atoms with Crippen molar-refractivity contribution in [3.05, 3.63) is 63.6 Å². The van der Waals surface area contributed by atoms with Gasteiger partial charge in [-0.25, -0.2) is 13.6 Å². The summed E-state index contributed by atoms with van der Waals surface area (Å²) in [5.41, 5.74) is -1.20. The van der Waals surface area contributed by atoms with Gasteiger partial charge in [-0.2, -0.15) is 0 Å². The number of carbonyl (C=O) groups is 3. The summed E-state index contributed by atoms with van der Waals surface area (Å²) in [4.78, 5) is 37.9. The fourth-order valence-corrected chi connectivity index (χ4v) is 3.11. The number of rotatable bonds is 4. The van der Waals surface area contributed by atoms with Crippen LogP contribution in [0.4, 0.5) is 19.3 Å². The smallest absolute Gasteiger partial charge is 0.324 e. The molecule has 0 aromatic heterocycles. The molecule has 1 saturated heterocycles. The summed E-state index contributed by atoms with van der Waals surface area (Å²) >= 11 is 11.9. The predicted molar refractivity (Wildman–Crippen MR) is 99.0 cm³/mol. The summed E-state index contributed by atoms with van der Waals surface area (Å²) in [5, 5.41) is 5.24. The third-order valence-electron chi connectivity index (χ3n) is 4.22. The van der Waals surface area contributed by atoms with Crippen LogP contribution in [0.15, 0.2) is 36.4 Å². The van der Waals surface area contributed by atoms with Crippen LogP contribution in [0.2, 0.25) is 10.0 Å². The van der Waals surface area contributed by atoms with Gasteiger partial charge < -0.3 is 10.6 Å². The Kier molecular flexibility index (Phi) is 5.27. The van der Waals surface area contributed by atoms with E-state index < -0.39 is 41.6 Å². The molecule has 0 spiro atoms. The fraction of sp³-hybridized carbons (Fsp3) is 0.167. The van der Waals surface area contributed by atoms with Gasteiger partial charge >= 0.3 is 6.03 Å². The first kappa shape index (κ1) is 20.0. The minimum absolute atomic E-state index is 0.137. The van der Waals surface area contributed by atoms with Crippen LogP contribution < -0.4 is 10.6 Å². The molecule has 10 heteroatoms. The molecule has 0 radical (unpaired) electrons. The van der Waals surface area contributed by atoms with Crippen molar-refractivity contribution in [1.82, 2.24) is 10.2 Å². The Morgan fingerprint density at radius 1 is 1.11 bits per heavy atom. The summed E-state index contributed by atoms with van der Waals surface area (Å²) in [7, 11) is 0. The molecule has 1 atom stereocenters. The molecule has 1 heterocycles. The number of urea groups is 1. The van der Waals surface area contributed by atoms with E-state index in [4.69, 9.17) is 23.2 Å². The molecule has 1 fully saturated rings. The highest BCUT2D eigenvalue weighted by Gasteiger charge is 2.49. The highest BCUT2D eigenvalue weighted by molar-refractivity contribution is 6.42. The van der Waals surface area contributed by atoms with Crippen molar-refractivity contribution in [2.45, 2.75) is 12.5 Å². The first-order chi connectivity index (χ1) is 13.1. The monoisotopic (exact) mass is 427 g/mol. The van der Waals surface area contributed by atoms with Crippen LogP contribution in [0.25, 0.3) is 0 Å². The summed E-state index contributed by atoms with van der Waals surface area (Å²) in [6.07, 6.45) is 0. The van der Waals surface area contributed by atoms with Gasteiger partial charge in [-0.3, -0.25) is 14.5 Å². The van der Waals surface area contributed by atoms with Crippen molar-refractivity contribution in [3.63, 3.8) is 0 Å². The largest absolute Gasteiger partial charge is 0.325 e. The van der Waals surface area contributed by atoms with Crippen LogP contribution in [-0.4, -0.2) is 29.3 Å². The average Bonchev–Trinajstić information content (AvgIpc) is 2.80. The van der Waals surface area contributed by atoms with Gasteiger partial charge in [-0.05, 0) is 36.8 Å². The van der Waals surface area contributed by atoms with Gasteiger partial charge in [0.05, 0.1) is 10.0 Å². The zero-order chi connectivity index (χ0) is 20.6. The third kappa shape index (κ3) is 3.79. The Morgan fingerprint density at radius 2 is 1.75 bits per heavy atom. The van der Waals surface area contributed by atoms with Crippen molar-refractivity contribution < 1.29 is 23.2 Å². The summed E-state index contributed by atoms with van der Waals surface area (Å²) in [6.45, 7) is 0.826. The van der Waals surface area contributed by atoms with E-state index in [2.05, 4.69) is 10.6 Å². The molecule has 0 saturated carbocycles. The van der Waals surface area contributed by atoms with Gasteiger partial charge in [0.1, 0.15) is 23.7 Å². The van der Waals surface area contributed by atoms with Crippen LogP contribution in [0, 0.1) is 11.6 Å². The van der Waals surface area contributed by atoms with E-state index in [1.807, 2.05) is 0 Å². The Labute approximate surface area is 168 Å². The lowest BCUT2D eigenvalue weighted by molar-refractivity contribution is -0.133. The Balaban J connectivity index is 1.77. The number of nitrogens with one attached hydrogen (secondary N) is 2. The fourth-order valence-electron chi connectivity index (χ4n) is 2.81. The number of nitrogens with zero attached hydrogens (tertiary/aromatic N) is 1. The highest BCUT2D eigenvalue weighted by Crippen LogP contribution is 2.33. The van der Waals surface area contributed by atoms with Crippen LogP contribution in [-0.2, 0) is 15.1 Å². The molecule has 2 N–H and O–H groups in total. The molecule has 1 aliphatic rings. The molecule has 6 nitrogen and oxygen atoms in total. The van der Waals surface area contributed by atoms with E-state index in [1.165, 1.54) is 25.1 Å². The topological polar surface area (TPSA) is 78.5 Å². The summed E-state index contributed by atoms with van der Waals surface area (Å²) < 4.78 is 26.4. The highest BCUT2D eigenvalue weighted by atomic mass is 35.5.